The second-order valence-corrected chi connectivity index (χ2v) is 5.34. The van der Waals surface area contributed by atoms with Crippen LogP contribution < -0.4 is 10.5 Å². The van der Waals surface area contributed by atoms with Gasteiger partial charge in [-0.2, -0.15) is 0 Å². The van der Waals surface area contributed by atoms with Crippen molar-refractivity contribution in [1.29, 1.82) is 0 Å². The van der Waals surface area contributed by atoms with Crippen molar-refractivity contribution in [2.75, 3.05) is 0 Å². The van der Waals surface area contributed by atoms with Gasteiger partial charge in [0.2, 0.25) is 0 Å². The van der Waals surface area contributed by atoms with Crippen LogP contribution in [0.2, 0.25) is 0 Å². The Balaban J connectivity index is 1.95. The predicted molar refractivity (Wildman–Crippen MR) is 64.4 cm³/mol. The third-order valence-corrected chi connectivity index (χ3v) is 4.06. The minimum absolute atomic E-state index is 0.0163. The van der Waals surface area contributed by atoms with Gasteiger partial charge in [-0.3, -0.25) is 0 Å². The molecule has 1 aliphatic carbocycles. The summed E-state index contributed by atoms with van der Waals surface area (Å²) in [6, 6.07) is 4.67. The van der Waals surface area contributed by atoms with Gasteiger partial charge >= 0.3 is 0 Å². The fourth-order valence-corrected chi connectivity index (χ4v) is 3.19. The molecule has 1 spiro atoms. The Bertz CT molecular complexity index is 426. The molecule has 3 heteroatoms. The Morgan fingerprint density at radius 1 is 1.24 bits per heavy atom. The molecule has 17 heavy (non-hydrogen) atoms. The van der Waals surface area contributed by atoms with E-state index in [-0.39, 0.29) is 17.5 Å². The summed E-state index contributed by atoms with van der Waals surface area (Å²) in [6.45, 7) is 0. The van der Waals surface area contributed by atoms with Crippen molar-refractivity contribution in [2.45, 2.75) is 50.2 Å². The molecule has 3 rings (SSSR count). The topological polar surface area (TPSA) is 35.2 Å². The van der Waals surface area contributed by atoms with Crippen molar-refractivity contribution in [3.05, 3.63) is 29.6 Å². The van der Waals surface area contributed by atoms with Gasteiger partial charge in [-0.05, 0) is 31.7 Å². The normalized spacial score (nSPS) is 26.4. The van der Waals surface area contributed by atoms with Gasteiger partial charge < -0.3 is 10.5 Å². The summed E-state index contributed by atoms with van der Waals surface area (Å²) in [5.41, 5.74) is 7.02. The molecule has 92 valence electrons. The highest BCUT2D eigenvalue weighted by Gasteiger charge is 2.40. The molecule has 1 atom stereocenters. The van der Waals surface area contributed by atoms with E-state index in [4.69, 9.17) is 10.5 Å². The highest BCUT2D eigenvalue weighted by Crippen LogP contribution is 2.45. The maximum atomic E-state index is 13.3. The number of hydrogen-bond acceptors (Lipinski definition) is 2. The minimum atomic E-state index is -0.246. The number of halogens is 1. The van der Waals surface area contributed by atoms with Crippen LogP contribution in [0.4, 0.5) is 4.39 Å². The first-order chi connectivity index (χ1) is 8.19. The molecule has 2 N–H and O–H groups in total. The van der Waals surface area contributed by atoms with E-state index in [0.29, 0.717) is 5.75 Å². The van der Waals surface area contributed by atoms with E-state index in [1.165, 1.54) is 31.4 Å². The molecule has 1 heterocycles. The molecule has 1 fully saturated rings. The van der Waals surface area contributed by atoms with Gasteiger partial charge in [0.05, 0.1) is 0 Å². The van der Waals surface area contributed by atoms with E-state index < -0.39 is 0 Å². The van der Waals surface area contributed by atoms with Crippen LogP contribution in [0.25, 0.3) is 0 Å². The van der Waals surface area contributed by atoms with Crippen molar-refractivity contribution < 1.29 is 9.13 Å². The number of fused-ring (bicyclic) bond motifs is 1. The monoisotopic (exact) mass is 235 g/mol. The van der Waals surface area contributed by atoms with Crippen LogP contribution in [0.5, 0.6) is 5.75 Å². The van der Waals surface area contributed by atoms with Gasteiger partial charge in [0.1, 0.15) is 17.2 Å². The van der Waals surface area contributed by atoms with E-state index in [1.807, 2.05) is 0 Å². The summed E-state index contributed by atoms with van der Waals surface area (Å²) in [4.78, 5) is 0. The van der Waals surface area contributed by atoms with E-state index in [9.17, 15) is 4.39 Å². The van der Waals surface area contributed by atoms with Crippen LogP contribution in [0.15, 0.2) is 18.2 Å². The summed E-state index contributed by atoms with van der Waals surface area (Å²) in [6.07, 6.45) is 6.63. The Morgan fingerprint density at radius 2 is 2.00 bits per heavy atom. The lowest BCUT2D eigenvalue weighted by molar-refractivity contribution is 0.00165. The molecule has 1 aliphatic heterocycles. The standard InChI is InChI=1S/C14H18FNO/c15-10-4-5-11-12(16)9-14(17-13(11)8-10)6-2-1-3-7-14/h4-5,8,12H,1-3,6-7,9,16H2/t12-/m0/s1. The molecule has 0 amide bonds. The van der Waals surface area contributed by atoms with E-state index in [2.05, 4.69) is 0 Å². The summed E-state index contributed by atoms with van der Waals surface area (Å²) in [5, 5.41) is 0. The highest BCUT2D eigenvalue weighted by molar-refractivity contribution is 5.39. The van der Waals surface area contributed by atoms with Crippen molar-refractivity contribution in [3.8, 4) is 5.75 Å². The quantitative estimate of drug-likeness (QED) is 0.748. The first kappa shape index (κ1) is 11.0. The van der Waals surface area contributed by atoms with Gasteiger partial charge in [-0.25, -0.2) is 4.39 Å². The summed E-state index contributed by atoms with van der Waals surface area (Å²) >= 11 is 0. The average Bonchev–Trinajstić information content (AvgIpc) is 2.29. The van der Waals surface area contributed by atoms with Gasteiger partial charge in [-0.1, -0.05) is 12.5 Å². The molecule has 0 bridgehead atoms. The largest absolute Gasteiger partial charge is 0.487 e. The number of ether oxygens (including phenoxy) is 1. The van der Waals surface area contributed by atoms with Gasteiger partial charge in [0.15, 0.2) is 0 Å². The maximum absolute atomic E-state index is 13.3. The lowest BCUT2D eigenvalue weighted by Crippen LogP contribution is -2.44. The van der Waals surface area contributed by atoms with E-state index >= 15 is 0 Å². The van der Waals surface area contributed by atoms with Crippen LogP contribution >= 0.6 is 0 Å². The smallest absolute Gasteiger partial charge is 0.127 e. The zero-order valence-electron chi connectivity index (χ0n) is 9.92. The maximum Gasteiger partial charge on any atom is 0.127 e. The van der Waals surface area contributed by atoms with Crippen molar-refractivity contribution >= 4 is 0 Å². The molecular weight excluding hydrogens is 217 g/mol. The lowest BCUT2D eigenvalue weighted by atomic mass is 9.77. The third kappa shape index (κ3) is 1.93. The molecule has 0 aromatic heterocycles. The van der Waals surface area contributed by atoms with Crippen LogP contribution in [0.3, 0.4) is 0 Å². The zero-order chi connectivity index (χ0) is 11.9. The Morgan fingerprint density at radius 3 is 2.76 bits per heavy atom. The second-order valence-electron chi connectivity index (χ2n) is 5.34. The van der Waals surface area contributed by atoms with Crippen LogP contribution in [0, 0.1) is 5.82 Å². The van der Waals surface area contributed by atoms with E-state index in [0.717, 1.165) is 24.8 Å². The fraction of sp³-hybridized carbons (Fsp3) is 0.571. The predicted octanol–water partition coefficient (Wildman–Crippen LogP) is 3.31. The summed E-state index contributed by atoms with van der Waals surface area (Å²) in [5.74, 6) is 0.412. The molecule has 0 radical (unpaired) electrons. The third-order valence-electron chi connectivity index (χ3n) is 4.06. The van der Waals surface area contributed by atoms with Crippen LogP contribution in [-0.2, 0) is 0 Å². The summed E-state index contributed by atoms with van der Waals surface area (Å²) < 4.78 is 19.3. The van der Waals surface area contributed by atoms with Gasteiger partial charge in [-0.15, -0.1) is 0 Å². The average molecular weight is 235 g/mol. The molecule has 0 unspecified atom stereocenters. The number of hydrogen-bond donors (Lipinski definition) is 1. The number of nitrogens with two attached hydrogens (primary N) is 1. The number of benzene rings is 1. The SMILES string of the molecule is N[C@H]1CC2(CCCCC2)Oc2cc(F)ccc21. The van der Waals surface area contributed by atoms with Gasteiger partial charge in [0, 0.05) is 24.1 Å². The molecule has 2 nitrogen and oxygen atoms in total. The minimum Gasteiger partial charge on any atom is -0.487 e. The first-order valence-corrected chi connectivity index (χ1v) is 6.43. The summed E-state index contributed by atoms with van der Waals surface area (Å²) in [7, 11) is 0. The highest BCUT2D eigenvalue weighted by atomic mass is 19.1. The van der Waals surface area contributed by atoms with Crippen molar-refractivity contribution in [3.63, 3.8) is 0 Å². The molecule has 2 aliphatic rings. The second kappa shape index (κ2) is 3.98. The number of rotatable bonds is 0. The first-order valence-electron chi connectivity index (χ1n) is 6.43. The van der Waals surface area contributed by atoms with E-state index in [1.54, 1.807) is 6.07 Å². The van der Waals surface area contributed by atoms with Gasteiger partial charge in [0.25, 0.3) is 0 Å². The molecule has 0 saturated heterocycles. The van der Waals surface area contributed by atoms with Crippen LogP contribution in [-0.4, -0.2) is 5.60 Å². The Labute approximate surface area is 101 Å². The Hall–Kier alpha value is -1.09. The Kier molecular flexibility index (Phi) is 2.58. The molecular formula is C14H18FNO. The fourth-order valence-electron chi connectivity index (χ4n) is 3.19. The molecule has 1 aromatic rings. The van der Waals surface area contributed by atoms with Crippen molar-refractivity contribution in [2.24, 2.45) is 5.73 Å². The van der Waals surface area contributed by atoms with Crippen molar-refractivity contribution in [1.82, 2.24) is 0 Å². The van der Waals surface area contributed by atoms with Crippen LogP contribution in [0.1, 0.15) is 50.1 Å². The lowest BCUT2D eigenvalue weighted by Gasteiger charge is -2.43. The molecule has 1 saturated carbocycles. The molecule has 1 aromatic carbocycles. The zero-order valence-corrected chi connectivity index (χ0v) is 9.92.